The van der Waals surface area contributed by atoms with Crippen LogP contribution in [0.1, 0.15) is 0 Å². The second-order valence-electron chi connectivity index (χ2n) is 6.13. The number of ether oxygens (including phenoxy) is 2. The van der Waals surface area contributed by atoms with E-state index in [0.717, 1.165) is 0 Å². The highest BCUT2D eigenvalue weighted by atomic mass is 32.2. The molecule has 1 heterocycles. The minimum atomic E-state index is -4.03. The van der Waals surface area contributed by atoms with Crippen molar-refractivity contribution in [2.45, 2.75) is 10.9 Å². The monoisotopic (exact) mass is 400 g/mol. The van der Waals surface area contributed by atoms with Gasteiger partial charge in [0, 0.05) is 12.5 Å². The molecule has 1 aliphatic heterocycles. The molecule has 0 aliphatic carbocycles. The molecule has 2 rings (SSSR count). The van der Waals surface area contributed by atoms with Gasteiger partial charge in [-0.1, -0.05) is 0 Å². The highest BCUT2D eigenvalue weighted by Gasteiger charge is 2.46. The average molecular weight is 400 g/mol. The van der Waals surface area contributed by atoms with Gasteiger partial charge in [0.25, 0.3) is 0 Å². The number of methoxy groups -OCH3 is 2. The topological polar surface area (TPSA) is 89.9 Å². The predicted molar refractivity (Wildman–Crippen MR) is 99.3 cm³/mol. The minimum Gasteiger partial charge on any atom is -0.497 e. The lowest BCUT2D eigenvalue weighted by molar-refractivity contribution is -0.762. The van der Waals surface area contributed by atoms with Gasteiger partial charge in [0.15, 0.2) is 0 Å². The van der Waals surface area contributed by atoms with Crippen molar-refractivity contribution < 1.29 is 31.7 Å². The minimum absolute atomic E-state index is 0.0134. The summed E-state index contributed by atoms with van der Waals surface area (Å²) in [7, 11) is 2.27. The molecule has 9 heteroatoms. The van der Waals surface area contributed by atoms with E-state index in [1.165, 1.54) is 56.5 Å². The number of hydrogen-bond acceptors (Lipinski definition) is 6. The number of aliphatic carboxylic acids is 1. The van der Waals surface area contributed by atoms with E-state index >= 15 is 0 Å². The fourth-order valence-electron chi connectivity index (χ4n) is 2.61. The first-order valence-corrected chi connectivity index (χ1v) is 9.99. The number of rotatable bonds is 6. The summed E-state index contributed by atoms with van der Waals surface area (Å²) in [5.74, 6) is -0.696. The first-order valence-electron chi connectivity index (χ1n) is 7.67. The normalized spacial score (nSPS) is 19.9. The summed E-state index contributed by atoms with van der Waals surface area (Å²) in [6, 6.07) is 4.61. The Labute approximate surface area is 157 Å². The molecule has 142 valence electrons. The number of carboxylic acid groups (broad SMARTS) is 1. The largest absolute Gasteiger partial charge is 0.497 e. The molecule has 0 unspecified atom stereocenters. The van der Waals surface area contributed by atoms with Crippen LogP contribution in [0.3, 0.4) is 0 Å². The zero-order valence-corrected chi connectivity index (χ0v) is 16.6. The van der Waals surface area contributed by atoms with Crippen molar-refractivity contribution in [2.75, 3.05) is 34.9 Å². The van der Waals surface area contributed by atoms with Crippen LogP contribution >= 0.6 is 11.9 Å². The van der Waals surface area contributed by atoms with E-state index in [2.05, 4.69) is 0 Å². The van der Waals surface area contributed by atoms with Gasteiger partial charge in [0.2, 0.25) is 15.9 Å². The third kappa shape index (κ3) is 4.12. The van der Waals surface area contributed by atoms with Crippen molar-refractivity contribution in [3.8, 4) is 5.75 Å². The molecule has 26 heavy (non-hydrogen) atoms. The summed E-state index contributed by atoms with van der Waals surface area (Å²) in [6.07, 6.45) is 1.40. The van der Waals surface area contributed by atoms with Crippen LogP contribution in [0.2, 0.25) is 0 Å². The van der Waals surface area contributed by atoms with Crippen LogP contribution in [-0.4, -0.2) is 64.3 Å². The Morgan fingerprint density at radius 1 is 1.23 bits per heavy atom. The number of hydrogen-bond donors (Lipinski definition) is 1. The van der Waals surface area contributed by atoms with E-state index in [0.29, 0.717) is 11.3 Å². The van der Waals surface area contributed by atoms with Crippen LogP contribution < -0.4 is 4.74 Å². The van der Waals surface area contributed by atoms with E-state index in [-0.39, 0.29) is 20.3 Å². The number of nitrogens with zero attached hydrogens (tertiary/aromatic N) is 1. The molecular weight excluding hydrogens is 378 g/mol. The van der Waals surface area contributed by atoms with E-state index in [4.69, 9.17) is 9.47 Å². The van der Waals surface area contributed by atoms with Crippen LogP contribution in [0, 0.1) is 0 Å². The highest BCUT2D eigenvalue weighted by Crippen LogP contribution is 2.37. The summed E-state index contributed by atoms with van der Waals surface area (Å²) < 4.78 is 36.5. The first-order chi connectivity index (χ1) is 12.1. The van der Waals surface area contributed by atoms with Crippen molar-refractivity contribution in [1.29, 1.82) is 0 Å². The molecular formula is C17H22NO6S2+. The lowest BCUT2D eigenvalue weighted by Crippen LogP contribution is -2.49. The van der Waals surface area contributed by atoms with Gasteiger partial charge in [-0.3, -0.25) is 0 Å². The van der Waals surface area contributed by atoms with Gasteiger partial charge < -0.3 is 14.6 Å². The van der Waals surface area contributed by atoms with Gasteiger partial charge in [0.1, 0.15) is 22.6 Å². The molecule has 1 aromatic carbocycles. The molecule has 1 aromatic rings. The molecule has 0 saturated heterocycles. The van der Waals surface area contributed by atoms with Crippen molar-refractivity contribution >= 4 is 27.8 Å². The van der Waals surface area contributed by atoms with Crippen LogP contribution in [0.4, 0.5) is 0 Å². The number of benzene rings is 1. The molecule has 0 radical (unpaired) electrons. The zero-order valence-electron chi connectivity index (χ0n) is 15.0. The molecule has 1 atom stereocenters. The van der Waals surface area contributed by atoms with Crippen LogP contribution in [-0.2, 0) is 19.4 Å². The molecule has 0 amide bonds. The summed E-state index contributed by atoms with van der Waals surface area (Å²) >= 11 is 1.22. The standard InChI is InChI=1S/C17H21NO6S2/c1-18(2)16(17(19)20)15(9-12(10-23-3)11-25-18)26(21,22)14-7-5-13(24-4)6-8-14/h5-9,11,16H,10H2,1-4H3/p+1/t16-/m1/s1. The second kappa shape index (κ2) is 7.83. The average Bonchev–Trinajstić information content (AvgIpc) is 2.71. The fraction of sp³-hybridized carbons (Fsp3) is 0.353. The van der Waals surface area contributed by atoms with Crippen LogP contribution in [0.25, 0.3) is 0 Å². The third-order valence-corrected chi connectivity index (χ3v) is 6.94. The van der Waals surface area contributed by atoms with Crippen LogP contribution in [0.5, 0.6) is 5.75 Å². The van der Waals surface area contributed by atoms with Gasteiger partial charge in [-0.25, -0.2) is 17.1 Å². The summed E-state index contributed by atoms with van der Waals surface area (Å²) in [5, 5.41) is 11.5. The van der Waals surface area contributed by atoms with E-state index < -0.39 is 21.8 Å². The van der Waals surface area contributed by atoms with Gasteiger partial charge in [-0.2, -0.15) is 0 Å². The molecule has 0 bridgehead atoms. The fourth-order valence-corrected chi connectivity index (χ4v) is 5.28. The molecule has 7 nitrogen and oxygen atoms in total. The third-order valence-electron chi connectivity index (χ3n) is 3.92. The van der Waals surface area contributed by atoms with Crippen molar-refractivity contribution in [3.63, 3.8) is 0 Å². The molecule has 0 saturated carbocycles. The summed E-state index contributed by atoms with van der Waals surface area (Å²) in [5.41, 5.74) is 0.597. The lowest BCUT2D eigenvalue weighted by atomic mass is 10.2. The second-order valence-corrected chi connectivity index (χ2v) is 9.47. The Morgan fingerprint density at radius 2 is 1.85 bits per heavy atom. The number of carboxylic acids is 1. The summed E-state index contributed by atoms with van der Waals surface area (Å²) in [4.78, 5) is 11.8. The highest BCUT2D eigenvalue weighted by molar-refractivity contribution is 7.97. The zero-order chi connectivity index (χ0) is 19.5. The maximum Gasteiger partial charge on any atom is 0.369 e. The van der Waals surface area contributed by atoms with E-state index in [9.17, 15) is 18.3 Å². The van der Waals surface area contributed by atoms with Crippen molar-refractivity contribution in [1.82, 2.24) is 0 Å². The Morgan fingerprint density at radius 3 is 2.35 bits per heavy atom. The smallest absolute Gasteiger partial charge is 0.369 e. The maximum atomic E-state index is 13.2. The number of likely N-dealkylation sites (N-methyl/N-ethyl adjacent to an activating group) is 1. The van der Waals surface area contributed by atoms with Gasteiger partial charge in [-0.05, 0) is 35.9 Å². The Balaban J connectivity index is 2.64. The first kappa shape index (κ1) is 20.5. The van der Waals surface area contributed by atoms with Gasteiger partial charge in [0.05, 0.1) is 32.7 Å². The van der Waals surface area contributed by atoms with Crippen LogP contribution in [0.15, 0.2) is 51.1 Å². The molecule has 1 N–H and O–H groups in total. The molecule has 0 spiro atoms. The lowest BCUT2D eigenvalue weighted by Gasteiger charge is -2.31. The van der Waals surface area contributed by atoms with Crippen molar-refractivity contribution in [3.05, 3.63) is 46.2 Å². The van der Waals surface area contributed by atoms with Gasteiger partial charge >= 0.3 is 5.97 Å². The summed E-state index contributed by atoms with van der Waals surface area (Å²) in [6.45, 7) is 0.182. The molecule has 1 aliphatic rings. The van der Waals surface area contributed by atoms with E-state index in [1.807, 2.05) is 0 Å². The van der Waals surface area contributed by atoms with Gasteiger partial charge in [-0.15, -0.1) is 0 Å². The SMILES string of the molecule is COCC1=CS[N+](C)(C)[C@@H](C(=O)O)C(S(=O)(=O)c2ccc(OC)cc2)=C1. The van der Waals surface area contributed by atoms with Crippen molar-refractivity contribution in [2.24, 2.45) is 0 Å². The Hall–Kier alpha value is -1.81. The number of carbonyl (C=O) groups is 1. The quantitative estimate of drug-likeness (QED) is 0.577. The number of quaternary nitrogens is 1. The molecule has 0 fully saturated rings. The Kier molecular flexibility index (Phi) is 6.17. The number of sulfone groups is 1. The van der Waals surface area contributed by atoms with E-state index in [1.54, 1.807) is 19.5 Å². The predicted octanol–water partition coefficient (Wildman–Crippen LogP) is 2.07. The Bertz CT molecular complexity index is 841. The maximum absolute atomic E-state index is 13.2. The molecule has 0 aromatic heterocycles.